The van der Waals surface area contributed by atoms with Gasteiger partial charge < -0.3 is 15.4 Å². The van der Waals surface area contributed by atoms with Crippen molar-refractivity contribution >= 4 is 45.9 Å². The van der Waals surface area contributed by atoms with Gasteiger partial charge in [-0.25, -0.2) is 10.4 Å². The molecule has 204 valence electrons. The quantitative estimate of drug-likeness (QED) is 0.131. The smallest absolute Gasteiger partial charge is 0.271 e. The molecule has 0 atom stereocenters. The van der Waals surface area contributed by atoms with Crippen LogP contribution in [0.4, 0.5) is 16.5 Å². The van der Waals surface area contributed by atoms with E-state index < -0.39 is 0 Å². The number of anilines is 3. The van der Waals surface area contributed by atoms with E-state index in [1.165, 1.54) is 17.6 Å². The molecule has 0 bridgehead atoms. The topological polar surface area (TPSA) is 105 Å². The molecule has 41 heavy (non-hydrogen) atoms. The number of thiazole rings is 1. The third kappa shape index (κ3) is 7.65. The summed E-state index contributed by atoms with van der Waals surface area (Å²) < 4.78 is 5.70. The Balaban J connectivity index is 1.14. The molecule has 4 aromatic carbocycles. The number of benzene rings is 4. The lowest BCUT2D eigenvalue weighted by atomic mass is 10.1. The molecule has 2 amide bonds. The third-order valence-corrected chi connectivity index (χ3v) is 6.71. The van der Waals surface area contributed by atoms with Gasteiger partial charge in [-0.3, -0.25) is 9.59 Å². The second kappa shape index (κ2) is 13.2. The maximum Gasteiger partial charge on any atom is 0.271 e. The number of hydrazone groups is 1. The van der Waals surface area contributed by atoms with Gasteiger partial charge in [-0.2, -0.15) is 5.10 Å². The van der Waals surface area contributed by atoms with Crippen LogP contribution in [-0.4, -0.2) is 29.6 Å². The van der Waals surface area contributed by atoms with Crippen molar-refractivity contribution in [2.45, 2.75) is 6.92 Å². The van der Waals surface area contributed by atoms with Crippen LogP contribution in [-0.2, 0) is 4.79 Å². The van der Waals surface area contributed by atoms with Gasteiger partial charge in [0.1, 0.15) is 5.75 Å². The fraction of sp³-hybridized carbons (Fsp3) is 0.0625. The number of nitrogens with zero attached hydrogens (tertiary/aromatic N) is 2. The first kappa shape index (κ1) is 27.3. The lowest BCUT2D eigenvalue weighted by Gasteiger charge is -2.10. The summed E-state index contributed by atoms with van der Waals surface area (Å²) >= 11 is 1.51. The number of aryl methyl sites for hydroxylation is 1. The fourth-order valence-corrected chi connectivity index (χ4v) is 4.56. The Kier molecular flexibility index (Phi) is 8.78. The second-order valence-electron chi connectivity index (χ2n) is 9.05. The lowest BCUT2D eigenvalue weighted by molar-refractivity contribution is -0.118. The zero-order chi connectivity index (χ0) is 28.4. The minimum atomic E-state index is -0.353. The van der Waals surface area contributed by atoms with Crippen LogP contribution in [0.15, 0.2) is 114 Å². The molecule has 0 radical (unpaired) electrons. The first-order valence-electron chi connectivity index (χ1n) is 12.8. The molecule has 0 saturated carbocycles. The van der Waals surface area contributed by atoms with Gasteiger partial charge in [0, 0.05) is 33.4 Å². The van der Waals surface area contributed by atoms with Gasteiger partial charge in [0.25, 0.3) is 11.8 Å². The Labute approximate surface area is 241 Å². The summed E-state index contributed by atoms with van der Waals surface area (Å²) in [7, 11) is 0. The summed E-state index contributed by atoms with van der Waals surface area (Å²) in [5.41, 5.74) is 8.12. The maximum absolute atomic E-state index is 12.7. The standard InChI is InChI=1S/C32H27N5O3S/c1-22-11-17-27(18-12-22)34-30(38)20-40-29-10-6-5-7-25(29)19-33-37-31(39)24-15-13-23(14-16-24)28-21-41-32(36-28)35-26-8-3-2-4-9-26/h2-19,21H,20H2,1H3,(H,34,38)(H,35,36)(H,37,39)/b33-19+. The summed E-state index contributed by atoms with van der Waals surface area (Å²) in [5, 5.41) is 12.9. The van der Waals surface area contributed by atoms with E-state index in [0.717, 1.165) is 27.6 Å². The third-order valence-electron chi connectivity index (χ3n) is 5.95. The van der Waals surface area contributed by atoms with Gasteiger partial charge in [-0.15, -0.1) is 11.3 Å². The van der Waals surface area contributed by atoms with Crippen molar-refractivity contribution in [2.24, 2.45) is 5.10 Å². The van der Waals surface area contributed by atoms with Crippen LogP contribution in [0.1, 0.15) is 21.5 Å². The van der Waals surface area contributed by atoms with Gasteiger partial charge >= 0.3 is 0 Å². The average molecular weight is 562 g/mol. The van der Waals surface area contributed by atoms with E-state index >= 15 is 0 Å². The number of aromatic nitrogens is 1. The highest BCUT2D eigenvalue weighted by Gasteiger charge is 2.09. The molecule has 1 heterocycles. The van der Waals surface area contributed by atoms with Gasteiger partial charge in [0.2, 0.25) is 0 Å². The summed E-state index contributed by atoms with van der Waals surface area (Å²) in [5.74, 6) is -0.162. The molecule has 5 rings (SSSR count). The van der Waals surface area contributed by atoms with Crippen LogP contribution in [0.2, 0.25) is 0 Å². The van der Waals surface area contributed by atoms with Crippen LogP contribution < -0.4 is 20.8 Å². The molecule has 0 fully saturated rings. The van der Waals surface area contributed by atoms with Crippen LogP contribution >= 0.6 is 11.3 Å². The first-order valence-corrected chi connectivity index (χ1v) is 13.7. The number of hydrogen-bond donors (Lipinski definition) is 3. The summed E-state index contributed by atoms with van der Waals surface area (Å²) in [6.45, 7) is 1.82. The van der Waals surface area contributed by atoms with Crippen molar-refractivity contribution in [3.05, 3.63) is 125 Å². The number of ether oxygens (including phenoxy) is 1. The zero-order valence-corrected chi connectivity index (χ0v) is 23.0. The van der Waals surface area contributed by atoms with E-state index in [1.54, 1.807) is 30.3 Å². The van der Waals surface area contributed by atoms with Crippen LogP contribution in [0.5, 0.6) is 5.75 Å². The van der Waals surface area contributed by atoms with E-state index in [0.29, 0.717) is 22.6 Å². The molecule has 0 unspecified atom stereocenters. The molecule has 3 N–H and O–H groups in total. The van der Waals surface area contributed by atoms with E-state index in [4.69, 9.17) is 4.74 Å². The Bertz CT molecular complexity index is 1650. The van der Waals surface area contributed by atoms with Crippen molar-refractivity contribution in [3.63, 3.8) is 0 Å². The highest BCUT2D eigenvalue weighted by molar-refractivity contribution is 7.14. The molecule has 0 saturated heterocycles. The van der Waals surface area contributed by atoms with Crippen molar-refractivity contribution in [1.29, 1.82) is 0 Å². The molecular formula is C32H27N5O3S. The second-order valence-corrected chi connectivity index (χ2v) is 9.90. The summed E-state index contributed by atoms with van der Waals surface area (Å²) in [6, 6.07) is 31.7. The SMILES string of the molecule is Cc1ccc(NC(=O)COc2ccccc2/C=N/NC(=O)c2ccc(-c3csc(Nc4ccccc4)n3)cc2)cc1. The van der Waals surface area contributed by atoms with Crippen molar-refractivity contribution in [3.8, 4) is 17.0 Å². The van der Waals surface area contributed by atoms with Crippen LogP contribution in [0, 0.1) is 6.92 Å². The highest BCUT2D eigenvalue weighted by Crippen LogP contribution is 2.27. The Hall–Kier alpha value is -5.28. The zero-order valence-electron chi connectivity index (χ0n) is 22.2. The molecule has 0 aliphatic heterocycles. The molecule has 8 nitrogen and oxygen atoms in total. The molecule has 5 aromatic rings. The van der Waals surface area contributed by atoms with Crippen LogP contribution in [0.25, 0.3) is 11.3 Å². The largest absolute Gasteiger partial charge is 0.483 e. The Morgan fingerprint density at radius 2 is 1.61 bits per heavy atom. The number of hydrogen-bond acceptors (Lipinski definition) is 7. The van der Waals surface area contributed by atoms with Crippen LogP contribution in [0.3, 0.4) is 0 Å². The van der Waals surface area contributed by atoms with E-state index in [1.807, 2.05) is 85.1 Å². The summed E-state index contributed by atoms with van der Waals surface area (Å²) in [4.78, 5) is 29.6. The average Bonchev–Trinajstić information content (AvgIpc) is 3.47. The number of amides is 2. The molecule has 1 aromatic heterocycles. The number of para-hydroxylation sites is 2. The molecule has 0 aliphatic rings. The Morgan fingerprint density at radius 1 is 0.878 bits per heavy atom. The number of rotatable bonds is 10. The molecular weight excluding hydrogens is 534 g/mol. The highest BCUT2D eigenvalue weighted by atomic mass is 32.1. The fourth-order valence-electron chi connectivity index (χ4n) is 3.82. The number of carbonyl (C=O) groups is 2. The van der Waals surface area contributed by atoms with Gasteiger partial charge in [-0.05, 0) is 55.5 Å². The van der Waals surface area contributed by atoms with E-state index in [9.17, 15) is 9.59 Å². The monoisotopic (exact) mass is 561 g/mol. The van der Waals surface area contributed by atoms with Gasteiger partial charge in [0.05, 0.1) is 11.9 Å². The van der Waals surface area contributed by atoms with Gasteiger partial charge in [-0.1, -0.05) is 60.2 Å². The maximum atomic E-state index is 12.7. The molecule has 9 heteroatoms. The Morgan fingerprint density at radius 3 is 2.39 bits per heavy atom. The lowest BCUT2D eigenvalue weighted by Crippen LogP contribution is -2.20. The predicted molar refractivity (Wildman–Crippen MR) is 164 cm³/mol. The molecule has 0 aliphatic carbocycles. The van der Waals surface area contributed by atoms with E-state index in [-0.39, 0.29) is 18.4 Å². The minimum Gasteiger partial charge on any atom is -0.483 e. The summed E-state index contributed by atoms with van der Waals surface area (Å²) in [6.07, 6.45) is 1.48. The van der Waals surface area contributed by atoms with E-state index in [2.05, 4.69) is 26.1 Å². The number of nitrogens with one attached hydrogen (secondary N) is 3. The normalized spacial score (nSPS) is 10.8. The number of carbonyl (C=O) groups excluding carboxylic acids is 2. The van der Waals surface area contributed by atoms with Crippen molar-refractivity contribution in [2.75, 3.05) is 17.2 Å². The van der Waals surface area contributed by atoms with Crippen molar-refractivity contribution in [1.82, 2.24) is 10.4 Å². The minimum absolute atomic E-state index is 0.166. The van der Waals surface area contributed by atoms with Crippen molar-refractivity contribution < 1.29 is 14.3 Å². The predicted octanol–water partition coefficient (Wildman–Crippen LogP) is 6.64. The first-order chi connectivity index (χ1) is 20.0. The molecule has 0 spiro atoms. The van der Waals surface area contributed by atoms with Gasteiger partial charge in [0.15, 0.2) is 11.7 Å².